The molecule has 0 spiro atoms. The van der Waals surface area contributed by atoms with Crippen molar-refractivity contribution in [3.63, 3.8) is 0 Å². The van der Waals surface area contributed by atoms with Crippen molar-refractivity contribution in [1.82, 2.24) is 0 Å². The van der Waals surface area contributed by atoms with E-state index in [-0.39, 0.29) is 18.3 Å². The van der Waals surface area contributed by atoms with E-state index < -0.39 is 21.3 Å². The third-order valence-corrected chi connectivity index (χ3v) is 4.50. The highest BCUT2D eigenvalue weighted by atomic mass is 32.2. The van der Waals surface area contributed by atoms with Gasteiger partial charge in [-0.3, -0.25) is 4.55 Å². The van der Waals surface area contributed by atoms with Crippen LogP contribution < -0.4 is 0 Å². The molecule has 0 radical (unpaired) electrons. The first-order valence-corrected chi connectivity index (χ1v) is 6.11. The lowest BCUT2D eigenvalue weighted by molar-refractivity contribution is -0.00721. The Morgan fingerprint density at radius 2 is 1.86 bits per heavy atom. The molecule has 2 rings (SSSR count). The van der Waals surface area contributed by atoms with Crippen LogP contribution in [0.4, 0.5) is 8.78 Å². The van der Waals surface area contributed by atoms with Crippen LogP contribution in [0.5, 0.6) is 0 Å². The average molecular weight is 226 g/mol. The zero-order valence-electron chi connectivity index (χ0n) is 7.49. The molecular weight excluding hydrogens is 214 g/mol. The fourth-order valence-electron chi connectivity index (χ4n) is 2.85. The quantitative estimate of drug-likeness (QED) is 0.732. The van der Waals surface area contributed by atoms with Gasteiger partial charge in [-0.25, -0.2) is 0 Å². The molecule has 0 saturated heterocycles. The Bertz CT molecular complexity index is 338. The van der Waals surface area contributed by atoms with Gasteiger partial charge in [0.2, 0.25) is 0 Å². The van der Waals surface area contributed by atoms with Gasteiger partial charge in [-0.1, -0.05) is 6.42 Å². The summed E-state index contributed by atoms with van der Waals surface area (Å²) in [7, 11) is -5.24. The van der Waals surface area contributed by atoms with Gasteiger partial charge in [-0.2, -0.15) is 17.2 Å². The number of hydrogen-bond donors (Lipinski definition) is 1. The maximum absolute atomic E-state index is 13.3. The van der Waals surface area contributed by atoms with E-state index in [9.17, 15) is 17.2 Å². The highest BCUT2D eigenvalue weighted by molar-refractivity contribution is 7.86. The van der Waals surface area contributed by atoms with Crippen LogP contribution in [0.3, 0.4) is 0 Å². The van der Waals surface area contributed by atoms with Gasteiger partial charge in [0.15, 0.2) is 0 Å². The molecule has 0 aromatic carbocycles. The molecule has 82 valence electrons. The molecule has 0 aliphatic heterocycles. The van der Waals surface area contributed by atoms with Crippen LogP contribution in [0.25, 0.3) is 0 Å². The van der Waals surface area contributed by atoms with E-state index >= 15 is 0 Å². The zero-order valence-corrected chi connectivity index (χ0v) is 8.30. The Balaban J connectivity index is 2.24. The second-order valence-electron chi connectivity index (χ2n) is 4.32. The second kappa shape index (κ2) is 2.88. The highest BCUT2D eigenvalue weighted by Gasteiger charge is 2.58. The Morgan fingerprint density at radius 3 is 2.21 bits per heavy atom. The lowest BCUT2D eigenvalue weighted by atomic mass is 9.89. The largest absolute Gasteiger partial charge is 0.372 e. The molecule has 0 aromatic rings. The molecular formula is C8H12F2O3S. The lowest BCUT2D eigenvalue weighted by Gasteiger charge is -2.27. The maximum Gasteiger partial charge on any atom is 0.372 e. The Hall–Kier alpha value is -0.230. The summed E-state index contributed by atoms with van der Waals surface area (Å²) < 4.78 is 56.0. The van der Waals surface area contributed by atoms with Crippen LogP contribution in [0.2, 0.25) is 0 Å². The molecule has 2 bridgehead atoms. The van der Waals surface area contributed by atoms with Crippen LogP contribution >= 0.6 is 0 Å². The lowest BCUT2D eigenvalue weighted by Crippen LogP contribution is -2.39. The zero-order chi connectivity index (χ0) is 10.6. The molecule has 0 amide bonds. The Kier molecular flexibility index (Phi) is 2.12. The summed E-state index contributed by atoms with van der Waals surface area (Å²) in [6.07, 6.45) is 2.51. The standard InChI is InChI=1S/C8H12F2O3S/c9-8(10,14(11,12)13)7-4-5-1-2-6(7)3-5/h5-7H,1-4H2,(H,11,12,13). The van der Waals surface area contributed by atoms with E-state index in [1.54, 1.807) is 0 Å². The van der Waals surface area contributed by atoms with E-state index in [4.69, 9.17) is 4.55 Å². The summed E-state index contributed by atoms with van der Waals surface area (Å²) in [5.41, 5.74) is 0. The van der Waals surface area contributed by atoms with E-state index in [1.165, 1.54) is 0 Å². The van der Waals surface area contributed by atoms with Crippen molar-refractivity contribution in [2.45, 2.75) is 30.9 Å². The van der Waals surface area contributed by atoms with Crippen molar-refractivity contribution in [3.8, 4) is 0 Å². The summed E-state index contributed by atoms with van der Waals surface area (Å²) >= 11 is 0. The third kappa shape index (κ3) is 1.35. The van der Waals surface area contributed by atoms with Crippen LogP contribution in [0.1, 0.15) is 25.7 Å². The number of rotatable bonds is 2. The van der Waals surface area contributed by atoms with Gasteiger partial charge in [0.25, 0.3) is 0 Å². The fraction of sp³-hybridized carbons (Fsp3) is 1.00. The fourth-order valence-corrected chi connectivity index (χ4v) is 3.52. The molecule has 6 heteroatoms. The monoisotopic (exact) mass is 226 g/mol. The van der Waals surface area contributed by atoms with Gasteiger partial charge in [0, 0.05) is 5.92 Å². The van der Waals surface area contributed by atoms with Crippen molar-refractivity contribution in [1.29, 1.82) is 0 Å². The SMILES string of the molecule is O=S(=O)(O)C(F)(F)C1CC2CCC1C2. The summed E-state index contributed by atoms with van der Waals surface area (Å²) in [5, 5.41) is -3.95. The smallest absolute Gasteiger partial charge is 0.281 e. The average Bonchev–Trinajstić information content (AvgIpc) is 2.61. The molecule has 3 nitrogen and oxygen atoms in total. The van der Waals surface area contributed by atoms with E-state index in [0.29, 0.717) is 12.8 Å². The van der Waals surface area contributed by atoms with Crippen molar-refractivity contribution in [3.05, 3.63) is 0 Å². The van der Waals surface area contributed by atoms with E-state index in [0.717, 1.165) is 6.42 Å². The number of alkyl halides is 2. The van der Waals surface area contributed by atoms with Crippen LogP contribution in [-0.2, 0) is 10.1 Å². The molecule has 2 aliphatic carbocycles. The van der Waals surface area contributed by atoms with Crippen molar-refractivity contribution < 1.29 is 21.8 Å². The van der Waals surface area contributed by atoms with Crippen LogP contribution in [0.15, 0.2) is 0 Å². The minimum Gasteiger partial charge on any atom is -0.281 e. The van der Waals surface area contributed by atoms with Crippen molar-refractivity contribution in [2.24, 2.45) is 17.8 Å². The molecule has 3 unspecified atom stereocenters. The predicted octanol–water partition coefficient (Wildman–Crippen LogP) is 1.90. The van der Waals surface area contributed by atoms with Crippen LogP contribution in [0, 0.1) is 17.8 Å². The van der Waals surface area contributed by atoms with Gasteiger partial charge in [0.1, 0.15) is 0 Å². The van der Waals surface area contributed by atoms with Gasteiger partial charge < -0.3 is 0 Å². The van der Waals surface area contributed by atoms with E-state index in [2.05, 4.69) is 0 Å². The van der Waals surface area contributed by atoms with Crippen molar-refractivity contribution in [2.75, 3.05) is 0 Å². The minimum absolute atomic E-state index is 0.225. The molecule has 14 heavy (non-hydrogen) atoms. The summed E-state index contributed by atoms with van der Waals surface area (Å²) in [4.78, 5) is 0. The summed E-state index contributed by atoms with van der Waals surface area (Å²) in [6.45, 7) is 0. The first-order valence-electron chi connectivity index (χ1n) is 4.67. The Labute approximate surface area is 81.2 Å². The van der Waals surface area contributed by atoms with Gasteiger partial charge in [0.05, 0.1) is 0 Å². The second-order valence-corrected chi connectivity index (χ2v) is 5.81. The topological polar surface area (TPSA) is 54.4 Å². The van der Waals surface area contributed by atoms with Crippen LogP contribution in [-0.4, -0.2) is 18.2 Å². The molecule has 2 fully saturated rings. The maximum atomic E-state index is 13.3. The predicted molar refractivity (Wildman–Crippen MR) is 45.4 cm³/mol. The van der Waals surface area contributed by atoms with Crippen molar-refractivity contribution >= 4 is 10.1 Å². The van der Waals surface area contributed by atoms with Gasteiger partial charge in [-0.15, -0.1) is 0 Å². The minimum atomic E-state index is -5.24. The summed E-state index contributed by atoms with van der Waals surface area (Å²) in [5.74, 6) is -1.16. The number of hydrogen-bond acceptors (Lipinski definition) is 2. The van der Waals surface area contributed by atoms with E-state index in [1.807, 2.05) is 0 Å². The number of fused-ring (bicyclic) bond motifs is 2. The highest BCUT2D eigenvalue weighted by Crippen LogP contribution is 2.54. The molecule has 0 heterocycles. The first-order chi connectivity index (χ1) is 6.32. The molecule has 2 saturated carbocycles. The Morgan fingerprint density at radius 1 is 1.21 bits per heavy atom. The first kappa shape index (κ1) is 10.3. The third-order valence-electron chi connectivity index (χ3n) is 3.51. The molecule has 3 atom stereocenters. The molecule has 0 aromatic heterocycles. The van der Waals surface area contributed by atoms with Gasteiger partial charge >= 0.3 is 15.4 Å². The number of halogens is 2. The normalized spacial score (nSPS) is 37.8. The molecule has 2 aliphatic rings. The van der Waals surface area contributed by atoms with Gasteiger partial charge in [-0.05, 0) is 31.1 Å². The summed E-state index contributed by atoms with van der Waals surface area (Å²) in [6, 6.07) is 0. The molecule has 1 N–H and O–H groups in total.